The lowest BCUT2D eigenvalue weighted by Crippen LogP contribution is -2.00. The fourth-order valence-electron chi connectivity index (χ4n) is 1.30. The third-order valence-electron chi connectivity index (χ3n) is 1.84. The molecular formula is C10H15NO2. The first kappa shape index (κ1) is 10.2. The van der Waals surface area contributed by atoms with Gasteiger partial charge < -0.3 is 15.6 Å². The van der Waals surface area contributed by atoms with E-state index in [1.807, 2.05) is 18.2 Å². The molecule has 0 atom stereocenters. The first-order valence-corrected chi connectivity index (χ1v) is 4.21. The van der Waals surface area contributed by atoms with Gasteiger partial charge in [-0.2, -0.15) is 0 Å². The van der Waals surface area contributed by atoms with Crippen molar-refractivity contribution < 1.29 is 9.84 Å². The van der Waals surface area contributed by atoms with E-state index in [1.165, 1.54) is 0 Å². The van der Waals surface area contributed by atoms with Crippen molar-refractivity contribution in [3.63, 3.8) is 0 Å². The molecular weight excluding hydrogens is 166 g/mol. The van der Waals surface area contributed by atoms with E-state index in [0.29, 0.717) is 13.2 Å². The molecule has 0 radical (unpaired) electrons. The molecule has 0 unspecified atom stereocenters. The van der Waals surface area contributed by atoms with E-state index in [9.17, 15) is 0 Å². The van der Waals surface area contributed by atoms with Crippen molar-refractivity contribution in [3.05, 3.63) is 34.9 Å². The molecule has 3 nitrogen and oxygen atoms in total. The molecule has 0 saturated heterocycles. The number of methoxy groups -OCH3 is 1. The van der Waals surface area contributed by atoms with Gasteiger partial charge in [-0.1, -0.05) is 18.2 Å². The Morgan fingerprint density at radius 2 is 1.85 bits per heavy atom. The van der Waals surface area contributed by atoms with Crippen LogP contribution in [0.15, 0.2) is 18.2 Å². The van der Waals surface area contributed by atoms with Crippen LogP contribution in [0.1, 0.15) is 16.7 Å². The van der Waals surface area contributed by atoms with Crippen LogP contribution in [0.25, 0.3) is 0 Å². The summed E-state index contributed by atoms with van der Waals surface area (Å²) in [5, 5.41) is 8.97. The summed E-state index contributed by atoms with van der Waals surface area (Å²) in [7, 11) is 1.65. The summed E-state index contributed by atoms with van der Waals surface area (Å²) in [6.07, 6.45) is 0. The van der Waals surface area contributed by atoms with Crippen molar-refractivity contribution in [2.45, 2.75) is 19.8 Å². The van der Waals surface area contributed by atoms with Crippen LogP contribution in [-0.4, -0.2) is 12.2 Å². The van der Waals surface area contributed by atoms with E-state index >= 15 is 0 Å². The molecule has 3 N–H and O–H groups in total. The van der Waals surface area contributed by atoms with Crippen LogP contribution in [0.5, 0.6) is 0 Å². The second-order valence-electron chi connectivity index (χ2n) is 2.95. The molecule has 1 rings (SSSR count). The quantitative estimate of drug-likeness (QED) is 0.721. The van der Waals surface area contributed by atoms with E-state index < -0.39 is 0 Å². The summed E-state index contributed by atoms with van der Waals surface area (Å²) < 4.78 is 5.00. The highest BCUT2D eigenvalue weighted by Gasteiger charge is 1.99. The van der Waals surface area contributed by atoms with Gasteiger partial charge in [0.15, 0.2) is 0 Å². The molecule has 0 aliphatic rings. The minimum atomic E-state index is 0.0462. The molecule has 1 aromatic rings. The molecule has 0 saturated carbocycles. The van der Waals surface area contributed by atoms with Gasteiger partial charge in [0.05, 0.1) is 13.2 Å². The minimum Gasteiger partial charge on any atom is -0.392 e. The van der Waals surface area contributed by atoms with Crippen molar-refractivity contribution in [2.75, 3.05) is 7.11 Å². The number of ether oxygens (including phenoxy) is 1. The van der Waals surface area contributed by atoms with Crippen LogP contribution in [0.4, 0.5) is 0 Å². The van der Waals surface area contributed by atoms with Crippen LogP contribution >= 0.6 is 0 Å². The van der Waals surface area contributed by atoms with Crippen molar-refractivity contribution in [2.24, 2.45) is 5.73 Å². The van der Waals surface area contributed by atoms with Crippen molar-refractivity contribution >= 4 is 0 Å². The molecule has 0 heterocycles. The maximum Gasteiger partial charge on any atom is 0.0713 e. The van der Waals surface area contributed by atoms with E-state index in [1.54, 1.807) is 7.11 Å². The lowest BCUT2D eigenvalue weighted by atomic mass is 10.1. The molecule has 72 valence electrons. The summed E-state index contributed by atoms with van der Waals surface area (Å²) in [5.74, 6) is 0. The van der Waals surface area contributed by atoms with Crippen LogP contribution in [-0.2, 0) is 24.5 Å². The van der Waals surface area contributed by atoms with Gasteiger partial charge >= 0.3 is 0 Å². The van der Waals surface area contributed by atoms with Crippen molar-refractivity contribution in [1.29, 1.82) is 0 Å². The van der Waals surface area contributed by atoms with Gasteiger partial charge in [0.1, 0.15) is 0 Å². The van der Waals surface area contributed by atoms with Crippen LogP contribution in [0, 0.1) is 0 Å². The van der Waals surface area contributed by atoms with E-state index in [-0.39, 0.29) is 6.61 Å². The first-order chi connectivity index (χ1) is 6.30. The Hall–Kier alpha value is -0.900. The zero-order chi connectivity index (χ0) is 9.68. The number of hydrogen-bond acceptors (Lipinski definition) is 3. The highest BCUT2D eigenvalue weighted by atomic mass is 16.5. The number of aliphatic hydroxyl groups excluding tert-OH is 1. The molecule has 0 amide bonds. The Bertz CT molecular complexity index is 251. The van der Waals surface area contributed by atoms with Crippen LogP contribution in [0.3, 0.4) is 0 Å². The summed E-state index contributed by atoms with van der Waals surface area (Å²) >= 11 is 0. The maximum atomic E-state index is 8.97. The van der Waals surface area contributed by atoms with E-state index in [4.69, 9.17) is 15.6 Å². The summed E-state index contributed by atoms with van der Waals surface area (Å²) in [6, 6.07) is 5.81. The third-order valence-corrected chi connectivity index (χ3v) is 1.84. The molecule has 0 spiro atoms. The van der Waals surface area contributed by atoms with E-state index in [0.717, 1.165) is 16.7 Å². The SMILES string of the molecule is COCc1cc(CN)cc(CO)c1. The first-order valence-electron chi connectivity index (χ1n) is 4.21. The fraction of sp³-hybridized carbons (Fsp3) is 0.400. The Kier molecular flexibility index (Phi) is 3.89. The molecule has 0 fully saturated rings. The van der Waals surface area contributed by atoms with Gasteiger partial charge in [-0.3, -0.25) is 0 Å². The molecule has 0 bridgehead atoms. The Balaban J connectivity index is 2.93. The average molecular weight is 181 g/mol. The van der Waals surface area contributed by atoms with Gasteiger partial charge in [0.25, 0.3) is 0 Å². The summed E-state index contributed by atoms with van der Waals surface area (Å²) in [6.45, 7) is 1.09. The topological polar surface area (TPSA) is 55.5 Å². The maximum absolute atomic E-state index is 8.97. The van der Waals surface area contributed by atoms with Gasteiger partial charge in [0.2, 0.25) is 0 Å². The summed E-state index contributed by atoms with van der Waals surface area (Å²) in [4.78, 5) is 0. The largest absolute Gasteiger partial charge is 0.392 e. The second-order valence-corrected chi connectivity index (χ2v) is 2.95. The molecule has 0 aliphatic heterocycles. The number of nitrogens with two attached hydrogens (primary N) is 1. The highest BCUT2D eigenvalue weighted by molar-refractivity contribution is 5.29. The van der Waals surface area contributed by atoms with Gasteiger partial charge in [0, 0.05) is 13.7 Å². The monoisotopic (exact) mass is 181 g/mol. The minimum absolute atomic E-state index is 0.0462. The number of benzene rings is 1. The Morgan fingerprint density at radius 1 is 1.23 bits per heavy atom. The zero-order valence-electron chi connectivity index (χ0n) is 7.79. The number of rotatable bonds is 4. The van der Waals surface area contributed by atoms with Crippen LogP contribution in [0.2, 0.25) is 0 Å². The molecule has 0 aromatic heterocycles. The van der Waals surface area contributed by atoms with Gasteiger partial charge in [-0.25, -0.2) is 0 Å². The average Bonchev–Trinajstić information content (AvgIpc) is 2.17. The summed E-state index contributed by atoms with van der Waals surface area (Å²) in [5.41, 5.74) is 8.48. The molecule has 13 heavy (non-hydrogen) atoms. The highest BCUT2D eigenvalue weighted by Crippen LogP contribution is 2.11. The predicted molar refractivity (Wildman–Crippen MR) is 51.0 cm³/mol. The zero-order valence-corrected chi connectivity index (χ0v) is 7.79. The standard InChI is InChI=1S/C10H15NO2/c1-13-7-10-3-8(5-11)2-9(4-10)6-12/h2-4,12H,5-7,11H2,1H3. The normalized spacial score (nSPS) is 10.4. The lowest BCUT2D eigenvalue weighted by molar-refractivity contribution is 0.184. The number of aliphatic hydroxyl groups is 1. The second kappa shape index (κ2) is 4.97. The Morgan fingerprint density at radius 3 is 2.38 bits per heavy atom. The van der Waals surface area contributed by atoms with Crippen molar-refractivity contribution in [1.82, 2.24) is 0 Å². The smallest absolute Gasteiger partial charge is 0.0713 e. The molecule has 3 heteroatoms. The van der Waals surface area contributed by atoms with Gasteiger partial charge in [-0.05, 0) is 16.7 Å². The Labute approximate surface area is 78.1 Å². The fourth-order valence-corrected chi connectivity index (χ4v) is 1.30. The van der Waals surface area contributed by atoms with Crippen LogP contribution < -0.4 is 5.73 Å². The predicted octanol–water partition coefficient (Wildman–Crippen LogP) is 0.784. The van der Waals surface area contributed by atoms with Gasteiger partial charge in [-0.15, -0.1) is 0 Å². The molecule has 1 aromatic carbocycles. The number of hydrogen-bond donors (Lipinski definition) is 2. The molecule has 0 aliphatic carbocycles. The van der Waals surface area contributed by atoms with Crippen molar-refractivity contribution in [3.8, 4) is 0 Å². The lowest BCUT2D eigenvalue weighted by Gasteiger charge is -2.06. The van der Waals surface area contributed by atoms with E-state index in [2.05, 4.69) is 0 Å². The third kappa shape index (κ3) is 2.81.